The molecule has 3 aromatic rings. The predicted octanol–water partition coefficient (Wildman–Crippen LogP) is 2.35. The number of nitriles is 1. The van der Waals surface area contributed by atoms with Crippen molar-refractivity contribution >= 4 is 21.9 Å². The van der Waals surface area contributed by atoms with Crippen molar-refractivity contribution in [2.75, 3.05) is 38.0 Å². The van der Waals surface area contributed by atoms with Crippen molar-refractivity contribution < 1.29 is 4.74 Å². The van der Waals surface area contributed by atoms with E-state index in [1.54, 1.807) is 6.33 Å². The molecule has 0 spiro atoms. The quantitative estimate of drug-likeness (QED) is 0.351. The lowest BCUT2D eigenvalue weighted by atomic mass is 9.83. The Hall–Kier alpha value is -2.45. The normalized spacial score (nSPS) is 25.3. The van der Waals surface area contributed by atoms with Crippen LogP contribution in [0.4, 0.5) is 0 Å². The topological polar surface area (TPSA) is 96.8 Å². The third kappa shape index (κ3) is 4.43. The molecular formula is C26H35N8OS+. The van der Waals surface area contributed by atoms with Crippen LogP contribution >= 0.6 is 0 Å². The van der Waals surface area contributed by atoms with E-state index >= 15 is 0 Å². The van der Waals surface area contributed by atoms with Gasteiger partial charge in [0.2, 0.25) is 0 Å². The molecule has 6 heterocycles. The van der Waals surface area contributed by atoms with E-state index in [4.69, 9.17) is 9.84 Å². The largest absolute Gasteiger partial charge is 0.356 e. The fourth-order valence-electron chi connectivity index (χ4n) is 6.21. The monoisotopic (exact) mass is 507 g/mol. The number of likely N-dealkylation sites (tertiary alicyclic amines) is 1. The number of hydrogen-bond acceptors (Lipinski definition) is 7. The van der Waals surface area contributed by atoms with Crippen molar-refractivity contribution in [3.8, 4) is 17.3 Å². The van der Waals surface area contributed by atoms with Gasteiger partial charge in [-0.2, -0.15) is 10.4 Å². The molecule has 3 aliphatic rings. The molecule has 2 bridgehead atoms. The number of nitrogens with zero attached hydrogens (tertiary/aromatic N) is 7. The average Bonchev–Trinajstić information content (AvgIpc) is 3.57. The Balaban J connectivity index is 1.19. The van der Waals surface area contributed by atoms with Gasteiger partial charge in [0.05, 0.1) is 43.5 Å². The lowest BCUT2D eigenvalue weighted by Crippen LogP contribution is -2.67. The van der Waals surface area contributed by atoms with Crippen LogP contribution in [-0.4, -0.2) is 85.3 Å². The van der Waals surface area contributed by atoms with E-state index in [-0.39, 0.29) is 5.54 Å². The number of rotatable bonds is 9. The summed E-state index contributed by atoms with van der Waals surface area (Å²) in [7, 11) is 0.378. The van der Waals surface area contributed by atoms with Gasteiger partial charge in [0.1, 0.15) is 30.0 Å². The Labute approximate surface area is 215 Å². The van der Waals surface area contributed by atoms with Crippen LogP contribution in [-0.2, 0) is 27.9 Å². The summed E-state index contributed by atoms with van der Waals surface area (Å²) in [4.78, 5) is 11.7. The first-order chi connectivity index (χ1) is 17.5. The molecule has 0 aromatic carbocycles. The highest BCUT2D eigenvalue weighted by Crippen LogP contribution is 2.39. The number of fused-ring (bicyclic) bond motifs is 3. The van der Waals surface area contributed by atoms with E-state index in [9.17, 15) is 5.26 Å². The molecule has 6 rings (SSSR count). The van der Waals surface area contributed by atoms with Crippen molar-refractivity contribution in [3.05, 3.63) is 31.0 Å². The molecule has 190 valence electrons. The first kappa shape index (κ1) is 23.9. The molecule has 2 unspecified atom stereocenters. The van der Waals surface area contributed by atoms with Crippen LogP contribution in [0.3, 0.4) is 0 Å². The molecule has 1 N–H and O–H groups in total. The zero-order chi connectivity index (χ0) is 24.7. The Bertz CT molecular complexity index is 1240. The first-order valence-electron chi connectivity index (χ1n) is 12.9. The summed E-state index contributed by atoms with van der Waals surface area (Å²) in [5.74, 6) is 1.07. The van der Waals surface area contributed by atoms with Crippen LogP contribution in [0.25, 0.3) is 22.3 Å². The molecule has 3 aliphatic heterocycles. The van der Waals surface area contributed by atoms with Crippen molar-refractivity contribution in [1.82, 2.24) is 34.5 Å². The molecule has 3 aromatic heterocycles. The van der Waals surface area contributed by atoms with Crippen molar-refractivity contribution in [3.63, 3.8) is 0 Å². The number of hydrogen-bond donors (Lipinski definition) is 1. The fraction of sp³-hybridized carbons (Fsp3) is 0.615. The summed E-state index contributed by atoms with van der Waals surface area (Å²) in [6.45, 7) is 3.00. The maximum atomic E-state index is 9.65. The Kier molecular flexibility index (Phi) is 6.50. The molecule has 9 nitrogen and oxygen atoms in total. The summed E-state index contributed by atoms with van der Waals surface area (Å²) in [5.41, 5.74) is 2.42. The van der Waals surface area contributed by atoms with E-state index in [1.165, 1.54) is 25.7 Å². The van der Waals surface area contributed by atoms with Gasteiger partial charge in [-0.15, -0.1) is 0 Å². The van der Waals surface area contributed by atoms with Gasteiger partial charge in [-0.1, -0.05) is 0 Å². The first-order valence-corrected chi connectivity index (χ1v) is 15.1. The minimum atomic E-state index is -0.264. The molecule has 10 heteroatoms. The lowest BCUT2D eigenvalue weighted by Gasteiger charge is -2.53. The van der Waals surface area contributed by atoms with Gasteiger partial charge in [-0.3, -0.25) is 9.58 Å². The van der Waals surface area contributed by atoms with E-state index in [2.05, 4.69) is 51.0 Å². The van der Waals surface area contributed by atoms with E-state index in [0.717, 1.165) is 47.7 Å². The standard InChI is InChI=1S/C26H35N8OS/c1-36(2)10-9-35-18-32-8-5-23-24(28-17-29-25(23)32)19-13-30-34(14-19)26(6-7-27)15-33(16-26)22-11-20-3-4-21(12-22)31-20/h5,8,13-14,17,20-22,31H,3-4,6,9-12,15-16,18H2,1-2H3/q+1. The van der Waals surface area contributed by atoms with Crippen LogP contribution in [0.1, 0.15) is 32.1 Å². The molecular weight excluding hydrogens is 472 g/mol. The highest BCUT2D eigenvalue weighted by Gasteiger charge is 2.49. The van der Waals surface area contributed by atoms with Crippen LogP contribution in [0.5, 0.6) is 0 Å². The van der Waals surface area contributed by atoms with Crippen LogP contribution in [0.2, 0.25) is 0 Å². The summed E-state index contributed by atoms with van der Waals surface area (Å²) in [6, 6.07) is 6.45. The van der Waals surface area contributed by atoms with Gasteiger partial charge in [0.15, 0.2) is 0 Å². The van der Waals surface area contributed by atoms with Gasteiger partial charge in [0, 0.05) is 54.6 Å². The van der Waals surface area contributed by atoms with E-state index < -0.39 is 0 Å². The van der Waals surface area contributed by atoms with Crippen molar-refractivity contribution in [1.29, 1.82) is 5.26 Å². The number of ether oxygens (including phenoxy) is 1. The molecule has 2 atom stereocenters. The SMILES string of the molecule is C[S+](C)CCOCn1ccc2c(-c3cnn(C4(CC#N)CN(C5CC6CCC(C5)N6)C4)c3)ncnc21. The maximum absolute atomic E-state index is 9.65. The third-order valence-electron chi connectivity index (χ3n) is 8.13. The third-order valence-corrected chi connectivity index (χ3v) is 9.12. The van der Waals surface area contributed by atoms with Crippen LogP contribution < -0.4 is 5.32 Å². The highest BCUT2D eigenvalue weighted by atomic mass is 32.2. The van der Waals surface area contributed by atoms with Crippen LogP contribution in [0, 0.1) is 11.3 Å². The maximum Gasteiger partial charge on any atom is 0.145 e. The Morgan fingerprint density at radius 3 is 2.78 bits per heavy atom. The van der Waals surface area contributed by atoms with E-state index in [0.29, 0.717) is 42.2 Å². The molecule has 3 fully saturated rings. The number of piperidine rings is 1. The van der Waals surface area contributed by atoms with Gasteiger partial charge < -0.3 is 14.6 Å². The zero-order valence-electron chi connectivity index (χ0n) is 21.1. The van der Waals surface area contributed by atoms with Gasteiger partial charge in [-0.25, -0.2) is 9.97 Å². The smallest absolute Gasteiger partial charge is 0.145 e. The highest BCUT2D eigenvalue weighted by molar-refractivity contribution is 7.95. The molecule has 0 amide bonds. The van der Waals surface area contributed by atoms with Crippen LogP contribution in [0.15, 0.2) is 31.0 Å². The molecule has 3 saturated heterocycles. The Morgan fingerprint density at radius 1 is 1.22 bits per heavy atom. The lowest BCUT2D eigenvalue weighted by molar-refractivity contribution is -0.0389. The Morgan fingerprint density at radius 2 is 2.03 bits per heavy atom. The van der Waals surface area contributed by atoms with Crippen molar-refractivity contribution in [2.45, 2.75) is 62.5 Å². The number of nitrogens with one attached hydrogen (secondary N) is 1. The van der Waals surface area contributed by atoms with E-state index in [1.807, 2.05) is 21.6 Å². The number of aromatic nitrogens is 5. The second-order valence-corrected chi connectivity index (χ2v) is 13.3. The molecule has 0 radical (unpaired) electrons. The molecule has 0 saturated carbocycles. The van der Waals surface area contributed by atoms with Gasteiger partial charge >= 0.3 is 0 Å². The van der Waals surface area contributed by atoms with Crippen molar-refractivity contribution in [2.24, 2.45) is 0 Å². The second-order valence-electron chi connectivity index (χ2n) is 10.9. The summed E-state index contributed by atoms with van der Waals surface area (Å²) in [6.07, 6.45) is 17.6. The summed E-state index contributed by atoms with van der Waals surface area (Å²) in [5, 5.41) is 19.1. The minimum Gasteiger partial charge on any atom is -0.356 e. The van der Waals surface area contributed by atoms with Gasteiger partial charge in [-0.05, 0) is 42.6 Å². The summed E-state index contributed by atoms with van der Waals surface area (Å²) >= 11 is 0. The minimum absolute atomic E-state index is 0.264. The average molecular weight is 508 g/mol. The summed E-state index contributed by atoms with van der Waals surface area (Å²) < 4.78 is 9.93. The molecule has 36 heavy (non-hydrogen) atoms. The van der Waals surface area contributed by atoms with Gasteiger partial charge in [0.25, 0.3) is 0 Å². The fourth-order valence-corrected chi connectivity index (χ4v) is 6.66. The second kappa shape index (κ2) is 9.78. The molecule has 0 aliphatic carbocycles. The predicted molar refractivity (Wildman–Crippen MR) is 142 cm³/mol. The zero-order valence-corrected chi connectivity index (χ0v) is 22.0.